The second-order valence-electron chi connectivity index (χ2n) is 17.2. The van der Waals surface area contributed by atoms with Gasteiger partial charge >= 0.3 is 0 Å². The molecule has 2 aliphatic rings. The Morgan fingerprint density at radius 1 is 0.356 bits per heavy atom. The first-order chi connectivity index (χ1) is 29.0. The monoisotopic (exact) mass is 750 g/mol. The van der Waals surface area contributed by atoms with Crippen molar-refractivity contribution in [1.29, 1.82) is 0 Å². The Hall–Kier alpha value is -7.02. The van der Waals surface area contributed by atoms with Gasteiger partial charge in [-0.15, -0.1) is 0 Å². The zero-order valence-electron chi connectivity index (χ0n) is 33.4. The van der Waals surface area contributed by atoms with E-state index in [4.69, 9.17) is 0 Å². The maximum absolute atomic E-state index is 2.47. The fraction of sp³-hybridized carbons (Fsp3) is 0.0847. The molecule has 59 heavy (non-hydrogen) atoms. The highest BCUT2D eigenvalue weighted by Gasteiger charge is 2.35. The van der Waals surface area contributed by atoms with Gasteiger partial charge in [0, 0.05) is 5.41 Å². The minimum absolute atomic E-state index is 0.0785. The van der Waals surface area contributed by atoms with Crippen molar-refractivity contribution in [3.8, 4) is 55.6 Å². The highest BCUT2D eigenvalue weighted by atomic mass is 14.4. The lowest BCUT2D eigenvalue weighted by atomic mass is 9.81. The van der Waals surface area contributed by atoms with Crippen LogP contribution in [-0.2, 0) is 11.8 Å². The average molecular weight is 751 g/mol. The van der Waals surface area contributed by atoms with E-state index in [-0.39, 0.29) is 5.41 Å². The van der Waals surface area contributed by atoms with Crippen molar-refractivity contribution in [2.24, 2.45) is 0 Å². The van der Waals surface area contributed by atoms with Gasteiger partial charge in [0.1, 0.15) is 0 Å². The molecular weight excluding hydrogens is 709 g/mol. The smallest absolute Gasteiger partial charge is 0.0159 e. The van der Waals surface area contributed by atoms with E-state index in [1.54, 1.807) is 0 Å². The quantitative estimate of drug-likeness (QED) is 0.157. The van der Waals surface area contributed by atoms with Crippen LogP contribution in [0, 0.1) is 0 Å². The summed E-state index contributed by atoms with van der Waals surface area (Å²) in [6.45, 7) is 4.76. The van der Waals surface area contributed by atoms with E-state index >= 15 is 0 Å². The maximum Gasteiger partial charge on any atom is 0.0159 e. The molecule has 0 fully saturated rings. The zero-order valence-corrected chi connectivity index (χ0v) is 33.4. The van der Waals surface area contributed by atoms with Gasteiger partial charge < -0.3 is 0 Å². The Morgan fingerprint density at radius 3 is 1.81 bits per heavy atom. The number of benzene rings is 10. The lowest BCUT2D eigenvalue weighted by Gasteiger charge is -2.22. The van der Waals surface area contributed by atoms with Gasteiger partial charge in [-0.1, -0.05) is 159 Å². The van der Waals surface area contributed by atoms with Crippen molar-refractivity contribution >= 4 is 49.2 Å². The summed E-state index contributed by atoms with van der Waals surface area (Å²) in [5, 5.41) is 10.3. The van der Waals surface area contributed by atoms with Crippen LogP contribution in [0.15, 0.2) is 188 Å². The largest absolute Gasteiger partial charge is 0.0836 e. The van der Waals surface area contributed by atoms with Crippen molar-refractivity contribution in [2.75, 3.05) is 0 Å². The molecule has 10 aromatic carbocycles. The molecule has 12 rings (SSSR count). The van der Waals surface area contributed by atoms with Crippen molar-refractivity contribution in [3.05, 3.63) is 210 Å². The van der Waals surface area contributed by atoms with Crippen LogP contribution in [0.1, 0.15) is 42.5 Å². The lowest BCUT2D eigenvalue weighted by Crippen LogP contribution is -2.14. The van der Waals surface area contributed by atoms with Crippen LogP contribution in [0.3, 0.4) is 0 Å². The van der Waals surface area contributed by atoms with Crippen molar-refractivity contribution in [3.63, 3.8) is 0 Å². The number of hydrogen-bond acceptors (Lipinski definition) is 0. The SMILES string of the molecule is CC1(C)c2ccccc2-c2ccc(-c3cc(-c4cc5ccccc5c5c4C=CCC5)cc(-c4cc5ccc(-c6ccc7ccccc7c6)cc5c5ccccc45)c3)cc21. The average Bonchev–Trinajstić information content (AvgIpc) is 3.53. The number of hydrogen-bond donors (Lipinski definition) is 0. The zero-order chi connectivity index (χ0) is 39.2. The molecule has 0 radical (unpaired) electrons. The third kappa shape index (κ3) is 5.37. The van der Waals surface area contributed by atoms with Crippen molar-refractivity contribution in [1.82, 2.24) is 0 Å². The number of fused-ring (bicyclic) bond motifs is 10. The van der Waals surface area contributed by atoms with Gasteiger partial charge in [0.05, 0.1) is 0 Å². The Bertz CT molecular complexity index is 3410. The van der Waals surface area contributed by atoms with Gasteiger partial charge in [-0.2, -0.15) is 0 Å². The molecule has 2 aliphatic carbocycles. The second-order valence-corrected chi connectivity index (χ2v) is 17.2. The van der Waals surface area contributed by atoms with E-state index in [9.17, 15) is 0 Å². The van der Waals surface area contributed by atoms with Crippen LogP contribution in [0.5, 0.6) is 0 Å². The van der Waals surface area contributed by atoms with Crippen LogP contribution in [0.2, 0.25) is 0 Å². The molecule has 10 aromatic rings. The predicted octanol–water partition coefficient (Wildman–Crippen LogP) is 16.2. The molecule has 0 bridgehead atoms. The molecule has 0 spiro atoms. The van der Waals surface area contributed by atoms with E-state index in [1.807, 2.05) is 0 Å². The van der Waals surface area contributed by atoms with Gasteiger partial charge in [-0.25, -0.2) is 0 Å². The van der Waals surface area contributed by atoms with Gasteiger partial charge in [0.15, 0.2) is 0 Å². The summed E-state index contributed by atoms with van der Waals surface area (Å²) >= 11 is 0. The fourth-order valence-electron chi connectivity index (χ4n) is 10.4. The minimum Gasteiger partial charge on any atom is -0.0836 e. The molecule has 0 heteroatoms. The molecule has 0 saturated carbocycles. The number of aryl methyl sites for hydroxylation is 1. The van der Waals surface area contributed by atoms with Crippen LogP contribution in [0.4, 0.5) is 0 Å². The molecule has 0 nitrogen and oxygen atoms in total. The van der Waals surface area contributed by atoms with E-state index < -0.39 is 0 Å². The predicted molar refractivity (Wildman–Crippen MR) is 253 cm³/mol. The molecule has 0 heterocycles. The highest BCUT2D eigenvalue weighted by Crippen LogP contribution is 2.50. The Kier molecular flexibility index (Phi) is 7.50. The minimum atomic E-state index is -0.0785. The van der Waals surface area contributed by atoms with Crippen LogP contribution in [-0.4, -0.2) is 0 Å². The van der Waals surface area contributed by atoms with Gasteiger partial charge in [0.2, 0.25) is 0 Å². The highest BCUT2D eigenvalue weighted by molar-refractivity contribution is 6.15. The summed E-state index contributed by atoms with van der Waals surface area (Å²) in [4.78, 5) is 0. The summed E-state index contributed by atoms with van der Waals surface area (Å²) in [7, 11) is 0. The van der Waals surface area contributed by atoms with E-state index in [0.717, 1.165) is 12.8 Å². The summed E-state index contributed by atoms with van der Waals surface area (Å²) in [5.74, 6) is 0. The standard InChI is InChI=1S/C59H42/c1-59(2)57-22-12-11-21-52(57)53-28-27-41(36-58(53)59)44-30-45(55-34-42-15-5-6-16-47(42)48-17-7-8-18-49(48)55)32-46(31-44)56-35-43-26-25-40(33-54(43)50-19-9-10-20-51(50)56)39-24-23-37-13-3-4-14-38(37)29-39/h3-6,8-16,18-36H,7,17H2,1-2H3. The molecule has 0 aromatic heterocycles. The lowest BCUT2D eigenvalue weighted by molar-refractivity contribution is 0.660. The van der Waals surface area contributed by atoms with E-state index in [1.165, 1.54) is 121 Å². The molecular formula is C59H42. The summed E-state index contributed by atoms with van der Waals surface area (Å²) in [5.41, 5.74) is 18.3. The molecule has 278 valence electrons. The first-order valence-corrected chi connectivity index (χ1v) is 21.0. The normalized spacial score (nSPS) is 13.9. The van der Waals surface area contributed by atoms with Gasteiger partial charge in [0.25, 0.3) is 0 Å². The molecule has 0 unspecified atom stereocenters. The number of allylic oxidation sites excluding steroid dienone is 1. The van der Waals surface area contributed by atoms with Crippen LogP contribution in [0.25, 0.3) is 105 Å². The third-order valence-electron chi connectivity index (χ3n) is 13.5. The van der Waals surface area contributed by atoms with Gasteiger partial charge in [-0.05, 0) is 182 Å². The number of rotatable bonds is 4. The fourth-order valence-corrected chi connectivity index (χ4v) is 10.4. The Labute approximate surface area is 345 Å². The van der Waals surface area contributed by atoms with E-state index in [0.29, 0.717) is 0 Å². The molecule has 0 atom stereocenters. The molecule has 0 saturated heterocycles. The van der Waals surface area contributed by atoms with E-state index in [2.05, 4.69) is 208 Å². The summed E-state index contributed by atoms with van der Waals surface area (Å²) < 4.78 is 0. The molecule has 0 aliphatic heterocycles. The van der Waals surface area contributed by atoms with Crippen molar-refractivity contribution in [2.45, 2.75) is 32.1 Å². The van der Waals surface area contributed by atoms with Crippen molar-refractivity contribution < 1.29 is 0 Å². The second kappa shape index (κ2) is 13.0. The Morgan fingerprint density at radius 2 is 0.949 bits per heavy atom. The Balaban J connectivity index is 1.09. The first kappa shape index (κ1) is 34.1. The molecule has 0 N–H and O–H groups in total. The third-order valence-corrected chi connectivity index (χ3v) is 13.5. The summed E-state index contributed by atoms with van der Waals surface area (Å²) in [6.07, 6.45) is 6.86. The van der Waals surface area contributed by atoms with Gasteiger partial charge in [-0.3, -0.25) is 0 Å². The summed E-state index contributed by atoms with van der Waals surface area (Å²) in [6, 6.07) is 68.8. The van der Waals surface area contributed by atoms with Crippen LogP contribution < -0.4 is 0 Å². The topological polar surface area (TPSA) is 0 Å². The van der Waals surface area contributed by atoms with Crippen LogP contribution >= 0.6 is 0 Å². The maximum atomic E-state index is 2.47. The molecule has 0 amide bonds. The first-order valence-electron chi connectivity index (χ1n) is 21.0.